The van der Waals surface area contributed by atoms with Gasteiger partial charge < -0.3 is 4.90 Å². The zero-order valence-corrected chi connectivity index (χ0v) is 15.3. The first-order valence-electron chi connectivity index (χ1n) is 8.83. The van der Waals surface area contributed by atoms with Crippen LogP contribution in [-0.2, 0) is 21.2 Å². The zero-order chi connectivity index (χ0) is 17.3. The number of hydrogen-bond donors (Lipinski definition) is 0. The van der Waals surface area contributed by atoms with Crippen molar-refractivity contribution in [3.05, 3.63) is 29.8 Å². The van der Waals surface area contributed by atoms with E-state index >= 15 is 0 Å². The molecule has 6 heteroatoms. The zero-order valence-electron chi connectivity index (χ0n) is 14.4. The third-order valence-electron chi connectivity index (χ3n) is 5.03. The maximum Gasteiger partial charge on any atom is 0.231 e. The van der Waals surface area contributed by atoms with E-state index in [0.29, 0.717) is 19.5 Å². The molecule has 1 fully saturated rings. The lowest BCUT2D eigenvalue weighted by molar-refractivity contribution is -0.123. The van der Waals surface area contributed by atoms with Gasteiger partial charge in [0.05, 0.1) is 11.7 Å². The monoisotopic (exact) mass is 350 g/mol. The van der Waals surface area contributed by atoms with Gasteiger partial charge in [0, 0.05) is 24.8 Å². The highest BCUT2D eigenvalue weighted by atomic mass is 32.2. The summed E-state index contributed by atoms with van der Waals surface area (Å²) >= 11 is 0. The van der Waals surface area contributed by atoms with Gasteiger partial charge in [-0.3, -0.25) is 4.79 Å². The van der Waals surface area contributed by atoms with Crippen molar-refractivity contribution in [2.45, 2.75) is 45.6 Å². The summed E-state index contributed by atoms with van der Waals surface area (Å²) < 4.78 is 26.2. The quantitative estimate of drug-likeness (QED) is 0.838. The minimum absolute atomic E-state index is 0.0730. The Labute approximate surface area is 144 Å². The number of carbonyl (C=O) groups is 1. The predicted octanol–water partition coefficient (Wildman–Crippen LogP) is 2.42. The van der Waals surface area contributed by atoms with Gasteiger partial charge in [0.2, 0.25) is 15.9 Å². The number of carbonyl (C=O) groups excluding carboxylic acids is 1. The topological polar surface area (TPSA) is 57.7 Å². The van der Waals surface area contributed by atoms with E-state index in [1.807, 2.05) is 30.0 Å². The van der Waals surface area contributed by atoms with Gasteiger partial charge in [-0.05, 0) is 44.2 Å². The maximum absolute atomic E-state index is 13.1. The van der Waals surface area contributed by atoms with Crippen LogP contribution in [0.4, 0.5) is 5.69 Å². The van der Waals surface area contributed by atoms with Crippen molar-refractivity contribution < 1.29 is 13.2 Å². The van der Waals surface area contributed by atoms with Crippen LogP contribution >= 0.6 is 0 Å². The Morgan fingerprint density at radius 2 is 2.04 bits per heavy atom. The van der Waals surface area contributed by atoms with Crippen LogP contribution in [0.1, 0.15) is 38.7 Å². The number of anilines is 1. The number of benzene rings is 1. The Morgan fingerprint density at radius 3 is 2.79 bits per heavy atom. The summed E-state index contributed by atoms with van der Waals surface area (Å²) in [5, 5.41) is 0. The van der Waals surface area contributed by atoms with Crippen molar-refractivity contribution in [1.82, 2.24) is 4.31 Å². The van der Waals surface area contributed by atoms with E-state index in [9.17, 15) is 13.2 Å². The summed E-state index contributed by atoms with van der Waals surface area (Å²) in [6, 6.07) is 8.15. The number of nitrogens with zero attached hydrogens (tertiary/aromatic N) is 2. The van der Waals surface area contributed by atoms with E-state index in [4.69, 9.17) is 0 Å². The molecule has 2 heterocycles. The Kier molecular flexibility index (Phi) is 4.97. The van der Waals surface area contributed by atoms with Crippen molar-refractivity contribution >= 4 is 21.6 Å². The molecule has 3 rings (SSSR count). The molecule has 0 radical (unpaired) electrons. The number of piperidine rings is 1. The molecule has 0 N–H and O–H groups in total. The van der Waals surface area contributed by atoms with Crippen molar-refractivity contribution in [2.24, 2.45) is 5.92 Å². The van der Waals surface area contributed by atoms with Gasteiger partial charge in [-0.25, -0.2) is 12.7 Å². The molecule has 0 saturated carbocycles. The van der Waals surface area contributed by atoms with Crippen LogP contribution in [0, 0.1) is 5.92 Å². The fourth-order valence-electron chi connectivity index (χ4n) is 3.88. The van der Waals surface area contributed by atoms with E-state index in [1.54, 1.807) is 0 Å². The molecule has 2 atom stereocenters. The summed E-state index contributed by atoms with van der Waals surface area (Å²) in [7, 11) is -3.23. The molecule has 0 aromatic heterocycles. The van der Waals surface area contributed by atoms with Crippen LogP contribution in [0.5, 0.6) is 0 Å². The average molecular weight is 350 g/mol. The number of fused-ring (bicyclic) bond motifs is 1. The molecule has 2 unspecified atom stereocenters. The first kappa shape index (κ1) is 17.4. The first-order chi connectivity index (χ1) is 11.4. The first-order valence-corrected chi connectivity index (χ1v) is 10.4. The molecule has 2 aliphatic heterocycles. The number of hydrogen-bond acceptors (Lipinski definition) is 3. The fourth-order valence-corrected chi connectivity index (χ4v) is 5.47. The van der Waals surface area contributed by atoms with Gasteiger partial charge in [0.15, 0.2) is 0 Å². The summed E-state index contributed by atoms with van der Waals surface area (Å²) in [6.07, 6.45) is 2.99. The molecule has 2 aliphatic rings. The summed E-state index contributed by atoms with van der Waals surface area (Å²) in [5.41, 5.74) is 2.19. The molecule has 0 aliphatic carbocycles. The van der Waals surface area contributed by atoms with Gasteiger partial charge >= 0.3 is 0 Å². The molecule has 0 bridgehead atoms. The minimum atomic E-state index is -3.23. The number of amides is 1. The van der Waals surface area contributed by atoms with Crippen LogP contribution in [-0.4, -0.2) is 43.5 Å². The molecule has 0 spiro atoms. The SMILES string of the molecule is CCCS(=O)(=O)N1CCCC(C(=O)N2c3ccccc3CC2C)C1. The number of rotatable bonds is 4. The molecule has 24 heavy (non-hydrogen) atoms. The fraction of sp³-hybridized carbons (Fsp3) is 0.611. The summed E-state index contributed by atoms with van der Waals surface area (Å²) in [5.74, 6) is -0.000488. The summed E-state index contributed by atoms with van der Waals surface area (Å²) in [6.45, 7) is 4.80. The second-order valence-corrected chi connectivity index (χ2v) is 8.99. The average Bonchev–Trinajstić information content (AvgIpc) is 2.90. The smallest absolute Gasteiger partial charge is 0.231 e. The summed E-state index contributed by atoms with van der Waals surface area (Å²) in [4.78, 5) is 15.0. The Hall–Kier alpha value is -1.40. The van der Waals surface area contributed by atoms with E-state index < -0.39 is 10.0 Å². The lowest BCUT2D eigenvalue weighted by Gasteiger charge is -2.34. The minimum Gasteiger partial charge on any atom is -0.309 e. The third kappa shape index (κ3) is 3.22. The van der Waals surface area contributed by atoms with Gasteiger partial charge in [-0.2, -0.15) is 0 Å². The van der Waals surface area contributed by atoms with Crippen molar-refractivity contribution in [3.63, 3.8) is 0 Å². The molecule has 1 saturated heterocycles. The molecule has 1 amide bonds. The van der Waals surface area contributed by atoms with Gasteiger partial charge in [-0.1, -0.05) is 25.1 Å². The van der Waals surface area contributed by atoms with Gasteiger partial charge in [0.1, 0.15) is 0 Å². The Morgan fingerprint density at radius 1 is 1.29 bits per heavy atom. The lowest BCUT2D eigenvalue weighted by Crippen LogP contribution is -2.48. The van der Waals surface area contributed by atoms with Gasteiger partial charge in [0.25, 0.3) is 0 Å². The highest BCUT2D eigenvalue weighted by molar-refractivity contribution is 7.89. The molecule has 1 aromatic carbocycles. The van der Waals surface area contributed by atoms with E-state index in [1.165, 1.54) is 9.87 Å². The second-order valence-electron chi connectivity index (χ2n) is 6.90. The Balaban J connectivity index is 1.78. The highest BCUT2D eigenvalue weighted by Gasteiger charge is 2.38. The molecule has 132 valence electrons. The van der Waals surface area contributed by atoms with Crippen LogP contribution in [0.15, 0.2) is 24.3 Å². The predicted molar refractivity (Wildman–Crippen MR) is 95.5 cm³/mol. The maximum atomic E-state index is 13.1. The Bertz CT molecular complexity index is 717. The van der Waals surface area contributed by atoms with E-state index in [0.717, 1.165) is 24.9 Å². The van der Waals surface area contributed by atoms with E-state index in [2.05, 4.69) is 13.0 Å². The van der Waals surface area contributed by atoms with Crippen molar-refractivity contribution in [3.8, 4) is 0 Å². The normalized spacial score (nSPS) is 24.8. The van der Waals surface area contributed by atoms with Crippen molar-refractivity contribution in [1.29, 1.82) is 0 Å². The molecule has 5 nitrogen and oxygen atoms in total. The lowest BCUT2D eigenvalue weighted by atomic mass is 9.97. The second kappa shape index (κ2) is 6.84. The van der Waals surface area contributed by atoms with Crippen LogP contribution in [0.2, 0.25) is 0 Å². The number of para-hydroxylation sites is 1. The van der Waals surface area contributed by atoms with Gasteiger partial charge in [-0.15, -0.1) is 0 Å². The third-order valence-corrected chi connectivity index (χ3v) is 7.08. The molecular formula is C18H26N2O3S. The van der Waals surface area contributed by atoms with Crippen LogP contribution < -0.4 is 4.90 Å². The molecular weight excluding hydrogens is 324 g/mol. The molecule has 1 aromatic rings. The van der Waals surface area contributed by atoms with E-state index in [-0.39, 0.29) is 23.6 Å². The number of sulfonamides is 1. The highest BCUT2D eigenvalue weighted by Crippen LogP contribution is 2.34. The largest absolute Gasteiger partial charge is 0.309 e. The van der Waals surface area contributed by atoms with Crippen LogP contribution in [0.3, 0.4) is 0 Å². The van der Waals surface area contributed by atoms with Crippen LogP contribution in [0.25, 0.3) is 0 Å². The standard InChI is InChI=1S/C18H26N2O3S/c1-3-11-24(22,23)19-10-6-8-16(13-19)18(21)20-14(2)12-15-7-4-5-9-17(15)20/h4-5,7,9,14,16H,3,6,8,10-13H2,1-2H3. The van der Waals surface area contributed by atoms with Crippen molar-refractivity contribution in [2.75, 3.05) is 23.7 Å².